The third-order valence-corrected chi connectivity index (χ3v) is 3.54. The predicted molar refractivity (Wildman–Crippen MR) is 67.0 cm³/mol. The van der Waals surface area contributed by atoms with Crippen LogP contribution in [0.15, 0.2) is 35.8 Å². The van der Waals surface area contributed by atoms with Crippen molar-refractivity contribution in [3.63, 3.8) is 0 Å². The Morgan fingerprint density at radius 1 is 1.44 bits per heavy atom. The van der Waals surface area contributed by atoms with Crippen molar-refractivity contribution in [1.29, 1.82) is 0 Å². The molecule has 0 radical (unpaired) electrons. The van der Waals surface area contributed by atoms with Gasteiger partial charge in [-0.15, -0.1) is 0 Å². The van der Waals surface area contributed by atoms with Gasteiger partial charge in [0.15, 0.2) is 0 Å². The van der Waals surface area contributed by atoms with Gasteiger partial charge in [0.2, 0.25) is 0 Å². The van der Waals surface area contributed by atoms with Crippen LogP contribution >= 0.6 is 0 Å². The van der Waals surface area contributed by atoms with E-state index in [1.54, 1.807) is 0 Å². The highest BCUT2D eigenvalue weighted by Gasteiger charge is 2.20. The van der Waals surface area contributed by atoms with Crippen LogP contribution in [0.2, 0.25) is 0 Å². The average Bonchev–Trinajstić information content (AvgIpc) is 2.76. The molecule has 2 rings (SSSR count). The van der Waals surface area contributed by atoms with Crippen molar-refractivity contribution >= 4 is 0 Å². The number of likely N-dealkylation sites (N-methyl/N-ethyl adjacent to an activating group) is 1. The Hall–Kier alpha value is -1.18. The summed E-state index contributed by atoms with van der Waals surface area (Å²) >= 11 is 0. The molecular weight excluding hydrogens is 198 g/mol. The summed E-state index contributed by atoms with van der Waals surface area (Å²) in [7, 11) is 2.10. The van der Waals surface area contributed by atoms with Crippen LogP contribution < -0.4 is 0 Å². The van der Waals surface area contributed by atoms with Crippen molar-refractivity contribution in [2.24, 2.45) is 0 Å². The van der Waals surface area contributed by atoms with Gasteiger partial charge >= 0.3 is 0 Å². The molecule has 0 bridgehead atoms. The van der Waals surface area contributed by atoms with Gasteiger partial charge in [-0.2, -0.15) is 0 Å². The predicted octanol–water partition coefficient (Wildman–Crippen LogP) is 3.23. The van der Waals surface area contributed by atoms with E-state index in [1.807, 2.05) is 6.08 Å². The maximum Gasteiger partial charge on any atom is 0.116 e. The van der Waals surface area contributed by atoms with Gasteiger partial charge < -0.3 is 9.64 Å². The average molecular weight is 219 g/mol. The Kier molecular flexibility index (Phi) is 3.37. The highest BCUT2D eigenvalue weighted by molar-refractivity contribution is 5.37. The Labute approximate surface area is 98.3 Å². The summed E-state index contributed by atoms with van der Waals surface area (Å²) in [6, 6.07) is 0. The lowest BCUT2D eigenvalue weighted by Crippen LogP contribution is -2.26. The van der Waals surface area contributed by atoms with Gasteiger partial charge in [-0.3, -0.25) is 0 Å². The third-order valence-electron chi connectivity index (χ3n) is 3.54. The van der Waals surface area contributed by atoms with Gasteiger partial charge in [-0.1, -0.05) is 12.7 Å². The zero-order valence-electron chi connectivity index (χ0n) is 10.3. The van der Waals surface area contributed by atoms with E-state index in [0.29, 0.717) is 6.10 Å². The fraction of sp³-hybridized carbons (Fsp3) is 0.571. The molecule has 2 heteroatoms. The molecule has 0 aromatic heterocycles. The molecule has 0 unspecified atom stereocenters. The Bertz CT molecular complexity index is 335. The molecule has 0 spiro atoms. The number of hydrogen-bond acceptors (Lipinski definition) is 2. The third kappa shape index (κ3) is 2.31. The molecule has 0 saturated heterocycles. The van der Waals surface area contributed by atoms with Crippen molar-refractivity contribution in [3.8, 4) is 0 Å². The first-order valence-electron chi connectivity index (χ1n) is 6.12. The first kappa shape index (κ1) is 11.3. The summed E-state index contributed by atoms with van der Waals surface area (Å²) in [6.45, 7) is 6.86. The lowest BCUT2D eigenvalue weighted by atomic mass is 10.1. The molecule has 1 aliphatic carbocycles. The molecule has 1 heterocycles. The molecule has 0 aromatic carbocycles. The molecule has 0 N–H and O–H groups in total. The summed E-state index contributed by atoms with van der Waals surface area (Å²) in [5, 5.41) is 0. The monoisotopic (exact) mass is 219 g/mol. The molecule has 0 atom stereocenters. The normalized spacial score (nSPS) is 22.4. The van der Waals surface area contributed by atoms with Crippen LogP contribution in [-0.4, -0.2) is 24.6 Å². The van der Waals surface area contributed by atoms with Crippen molar-refractivity contribution in [2.75, 3.05) is 13.6 Å². The zero-order chi connectivity index (χ0) is 11.5. The van der Waals surface area contributed by atoms with Gasteiger partial charge in [0.05, 0.1) is 12.6 Å². The summed E-state index contributed by atoms with van der Waals surface area (Å²) in [5.41, 5.74) is 2.45. The number of allylic oxidation sites excluding steroid dienone is 4. The number of hydrogen-bond donors (Lipinski definition) is 0. The van der Waals surface area contributed by atoms with Crippen molar-refractivity contribution in [3.05, 3.63) is 35.8 Å². The maximum atomic E-state index is 6.04. The molecule has 16 heavy (non-hydrogen) atoms. The van der Waals surface area contributed by atoms with E-state index in [0.717, 1.165) is 12.3 Å². The second-order valence-corrected chi connectivity index (χ2v) is 4.74. The highest BCUT2D eigenvalue weighted by atomic mass is 16.5. The van der Waals surface area contributed by atoms with Crippen molar-refractivity contribution < 1.29 is 4.74 Å². The Morgan fingerprint density at radius 2 is 2.12 bits per heavy atom. The van der Waals surface area contributed by atoms with Crippen LogP contribution in [-0.2, 0) is 4.74 Å². The lowest BCUT2D eigenvalue weighted by molar-refractivity contribution is 0.106. The fourth-order valence-electron chi connectivity index (χ4n) is 2.39. The SMILES string of the molecule is C=CC1=C(C)N(C)CC(OC2CCCC2)=C1. The molecule has 0 amide bonds. The van der Waals surface area contributed by atoms with Crippen LogP contribution in [0.5, 0.6) is 0 Å². The zero-order valence-corrected chi connectivity index (χ0v) is 10.3. The van der Waals surface area contributed by atoms with Gasteiger partial charge in [0.1, 0.15) is 5.76 Å². The smallest absolute Gasteiger partial charge is 0.116 e. The molecule has 1 fully saturated rings. The van der Waals surface area contributed by atoms with E-state index < -0.39 is 0 Å². The van der Waals surface area contributed by atoms with Gasteiger partial charge in [0.25, 0.3) is 0 Å². The molecular formula is C14H21NO. The van der Waals surface area contributed by atoms with Crippen molar-refractivity contribution in [1.82, 2.24) is 4.90 Å². The number of rotatable bonds is 3. The molecule has 2 nitrogen and oxygen atoms in total. The van der Waals surface area contributed by atoms with Gasteiger partial charge in [-0.05, 0) is 44.3 Å². The quantitative estimate of drug-likeness (QED) is 0.722. The summed E-state index contributed by atoms with van der Waals surface area (Å²) in [6.07, 6.45) is 9.56. The van der Waals surface area contributed by atoms with Crippen molar-refractivity contribution in [2.45, 2.75) is 38.7 Å². The summed E-state index contributed by atoms with van der Waals surface area (Å²) in [5.74, 6) is 1.09. The summed E-state index contributed by atoms with van der Waals surface area (Å²) < 4.78 is 6.04. The van der Waals surface area contributed by atoms with E-state index in [1.165, 1.54) is 37.0 Å². The highest BCUT2D eigenvalue weighted by Crippen LogP contribution is 2.27. The van der Waals surface area contributed by atoms with Gasteiger partial charge in [-0.25, -0.2) is 0 Å². The standard InChI is InChI=1S/C14H21NO/c1-4-12-9-14(10-15(3)11(12)2)16-13-7-5-6-8-13/h4,9,13H,1,5-8,10H2,2-3H3. The lowest BCUT2D eigenvalue weighted by Gasteiger charge is -2.29. The summed E-state index contributed by atoms with van der Waals surface area (Å²) in [4.78, 5) is 2.22. The van der Waals surface area contributed by atoms with E-state index >= 15 is 0 Å². The van der Waals surface area contributed by atoms with Gasteiger partial charge in [0, 0.05) is 12.7 Å². The molecule has 88 valence electrons. The van der Waals surface area contributed by atoms with Crippen LogP contribution in [0.4, 0.5) is 0 Å². The second-order valence-electron chi connectivity index (χ2n) is 4.74. The maximum absolute atomic E-state index is 6.04. The van der Waals surface area contributed by atoms with E-state index in [2.05, 4.69) is 31.5 Å². The van der Waals surface area contributed by atoms with E-state index in [4.69, 9.17) is 4.74 Å². The fourth-order valence-corrected chi connectivity index (χ4v) is 2.39. The molecule has 0 aromatic rings. The van der Waals surface area contributed by atoms with Crippen LogP contribution in [0, 0.1) is 0 Å². The minimum atomic E-state index is 0.448. The minimum absolute atomic E-state index is 0.448. The van der Waals surface area contributed by atoms with Crippen LogP contribution in [0.3, 0.4) is 0 Å². The van der Waals surface area contributed by atoms with E-state index in [-0.39, 0.29) is 0 Å². The van der Waals surface area contributed by atoms with Crippen LogP contribution in [0.25, 0.3) is 0 Å². The largest absolute Gasteiger partial charge is 0.493 e. The molecule has 1 aliphatic heterocycles. The molecule has 2 aliphatic rings. The molecule has 1 saturated carbocycles. The minimum Gasteiger partial charge on any atom is -0.493 e. The first-order valence-corrected chi connectivity index (χ1v) is 6.12. The number of ether oxygens (including phenoxy) is 1. The van der Waals surface area contributed by atoms with Crippen LogP contribution in [0.1, 0.15) is 32.6 Å². The second kappa shape index (κ2) is 4.77. The Balaban J connectivity index is 2.07. The topological polar surface area (TPSA) is 12.5 Å². The Morgan fingerprint density at radius 3 is 2.75 bits per heavy atom. The number of nitrogens with zero attached hydrogens (tertiary/aromatic N) is 1. The first-order chi connectivity index (χ1) is 7.70. The van der Waals surface area contributed by atoms with E-state index in [9.17, 15) is 0 Å².